The first-order chi connectivity index (χ1) is 15.5. The first-order valence-electron chi connectivity index (χ1n) is 11.2. The summed E-state index contributed by atoms with van der Waals surface area (Å²) in [5.41, 5.74) is 5.79. The monoisotopic (exact) mass is 426 g/mol. The van der Waals surface area contributed by atoms with Crippen molar-refractivity contribution in [3.63, 3.8) is 0 Å². The average molecular weight is 427 g/mol. The summed E-state index contributed by atoms with van der Waals surface area (Å²) in [6, 6.07) is 27.0. The van der Waals surface area contributed by atoms with Crippen molar-refractivity contribution in [1.82, 2.24) is 9.88 Å². The Labute approximate surface area is 189 Å². The van der Waals surface area contributed by atoms with E-state index in [4.69, 9.17) is 0 Å². The molecule has 2 N–H and O–H groups in total. The Morgan fingerprint density at radius 1 is 0.938 bits per heavy atom. The van der Waals surface area contributed by atoms with Gasteiger partial charge in [0.1, 0.15) is 5.69 Å². The number of carboxylic acids is 1. The number of aromatic nitrogens is 1. The molecule has 1 heterocycles. The molecule has 0 saturated carbocycles. The fraction of sp³-hybridized carbons (Fsp3) is 0.250. The third-order valence-corrected chi connectivity index (χ3v) is 6.08. The number of nitrogens with one attached hydrogen (secondary N) is 1. The lowest BCUT2D eigenvalue weighted by Crippen LogP contribution is -2.27. The summed E-state index contributed by atoms with van der Waals surface area (Å²) in [5, 5.41) is 14.7. The number of aromatic carboxylic acids is 1. The number of benzene rings is 3. The van der Waals surface area contributed by atoms with Crippen molar-refractivity contribution >= 4 is 16.9 Å². The SMILES string of the molecule is Cc1ccc(Cn2c(C(=O)O)c(CN[C@H](C)CCc3ccccc3)c3ccccc32)cc1. The number of aryl methyl sites for hydroxylation is 2. The predicted molar refractivity (Wildman–Crippen MR) is 130 cm³/mol. The van der Waals surface area contributed by atoms with Gasteiger partial charge in [0.25, 0.3) is 0 Å². The number of carbonyl (C=O) groups is 1. The standard InChI is InChI=1S/C28H30N2O2/c1-20-12-15-23(16-13-20)19-30-26-11-7-6-10-24(26)25(27(30)28(31)32)18-29-21(2)14-17-22-8-4-3-5-9-22/h3-13,15-16,21,29H,14,17-19H2,1-2H3,(H,31,32)/t21-/m1/s1. The molecule has 0 fully saturated rings. The molecule has 4 heteroatoms. The highest BCUT2D eigenvalue weighted by Crippen LogP contribution is 2.28. The summed E-state index contributed by atoms with van der Waals surface area (Å²) < 4.78 is 1.94. The van der Waals surface area contributed by atoms with Crippen LogP contribution in [0, 0.1) is 6.92 Å². The van der Waals surface area contributed by atoms with Crippen LogP contribution in [0.2, 0.25) is 0 Å². The maximum atomic E-state index is 12.4. The molecular formula is C28H30N2O2. The highest BCUT2D eigenvalue weighted by atomic mass is 16.4. The molecule has 0 aliphatic heterocycles. The molecule has 0 aliphatic carbocycles. The van der Waals surface area contributed by atoms with E-state index in [9.17, 15) is 9.90 Å². The first kappa shape index (κ1) is 21.8. The van der Waals surface area contributed by atoms with Crippen LogP contribution >= 0.6 is 0 Å². The zero-order valence-corrected chi connectivity index (χ0v) is 18.7. The van der Waals surface area contributed by atoms with Gasteiger partial charge < -0.3 is 15.0 Å². The maximum Gasteiger partial charge on any atom is 0.352 e. The minimum atomic E-state index is -0.887. The second-order valence-corrected chi connectivity index (χ2v) is 8.53. The van der Waals surface area contributed by atoms with Crippen LogP contribution in [0.4, 0.5) is 0 Å². The van der Waals surface area contributed by atoms with Gasteiger partial charge in [-0.15, -0.1) is 0 Å². The van der Waals surface area contributed by atoms with Crippen molar-refractivity contribution in [2.24, 2.45) is 0 Å². The van der Waals surface area contributed by atoms with E-state index in [-0.39, 0.29) is 6.04 Å². The molecule has 3 aromatic carbocycles. The van der Waals surface area contributed by atoms with Crippen molar-refractivity contribution in [1.29, 1.82) is 0 Å². The summed E-state index contributed by atoms with van der Waals surface area (Å²) in [5.74, 6) is -0.887. The highest BCUT2D eigenvalue weighted by Gasteiger charge is 2.22. The Morgan fingerprint density at radius 3 is 2.34 bits per heavy atom. The predicted octanol–water partition coefficient (Wildman–Crippen LogP) is 5.81. The van der Waals surface area contributed by atoms with Crippen molar-refractivity contribution in [2.75, 3.05) is 0 Å². The summed E-state index contributed by atoms with van der Waals surface area (Å²) in [6.45, 7) is 5.28. The molecule has 4 aromatic rings. The van der Waals surface area contributed by atoms with Gasteiger partial charge in [-0.3, -0.25) is 0 Å². The van der Waals surface area contributed by atoms with Gasteiger partial charge >= 0.3 is 5.97 Å². The third kappa shape index (κ3) is 4.92. The zero-order chi connectivity index (χ0) is 22.5. The third-order valence-electron chi connectivity index (χ3n) is 6.08. The summed E-state index contributed by atoms with van der Waals surface area (Å²) in [4.78, 5) is 12.4. The number of nitrogens with zero attached hydrogens (tertiary/aromatic N) is 1. The van der Waals surface area contributed by atoms with E-state index in [2.05, 4.69) is 67.7 Å². The number of hydrogen-bond acceptors (Lipinski definition) is 2. The Morgan fingerprint density at radius 2 is 1.62 bits per heavy atom. The van der Waals surface area contributed by atoms with Crippen LogP contribution in [0.5, 0.6) is 0 Å². The van der Waals surface area contributed by atoms with E-state index < -0.39 is 5.97 Å². The van der Waals surface area contributed by atoms with Crippen LogP contribution < -0.4 is 5.32 Å². The van der Waals surface area contributed by atoms with Crippen molar-refractivity contribution in [2.45, 2.75) is 45.8 Å². The van der Waals surface area contributed by atoms with Gasteiger partial charge in [0, 0.05) is 35.6 Å². The largest absolute Gasteiger partial charge is 0.477 e. The van der Waals surface area contributed by atoms with E-state index >= 15 is 0 Å². The molecule has 164 valence electrons. The van der Waals surface area contributed by atoms with Gasteiger partial charge in [0.2, 0.25) is 0 Å². The fourth-order valence-corrected chi connectivity index (χ4v) is 4.25. The molecular weight excluding hydrogens is 396 g/mol. The van der Waals surface area contributed by atoms with Gasteiger partial charge in [-0.25, -0.2) is 4.79 Å². The zero-order valence-electron chi connectivity index (χ0n) is 18.7. The molecule has 32 heavy (non-hydrogen) atoms. The second kappa shape index (κ2) is 9.84. The van der Waals surface area contributed by atoms with Crippen LogP contribution in [-0.4, -0.2) is 21.7 Å². The van der Waals surface area contributed by atoms with Gasteiger partial charge in [-0.1, -0.05) is 78.4 Å². The van der Waals surface area contributed by atoms with Gasteiger partial charge in [0.15, 0.2) is 0 Å². The smallest absolute Gasteiger partial charge is 0.352 e. The van der Waals surface area contributed by atoms with E-state index in [1.807, 2.05) is 34.9 Å². The van der Waals surface area contributed by atoms with E-state index in [0.29, 0.717) is 18.8 Å². The second-order valence-electron chi connectivity index (χ2n) is 8.53. The molecule has 0 aliphatic rings. The molecule has 0 spiro atoms. The van der Waals surface area contributed by atoms with Crippen LogP contribution in [0.25, 0.3) is 10.9 Å². The number of rotatable bonds is 9. The maximum absolute atomic E-state index is 12.4. The van der Waals surface area contributed by atoms with Crippen LogP contribution in [0.15, 0.2) is 78.9 Å². The molecule has 0 bridgehead atoms. The molecule has 4 nitrogen and oxygen atoms in total. The van der Waals surface area contributed by atoms with E-state index in [1.165, 1.54) is 11.1 Å². The summed E-state index contributed by atoms with van der Waals surface area (Å²) >= 11 is 0. The molecule has 0 unspecified atom stereocenters. The van der Waals surface area contributed by atoms with Gasteiger partial charge in [0.05, 0.1) is 0 Å². The number of hydrogen-bond donors (Lipinski definition) is 2. The Balaban J connectivity index is 1.58. The topological polar surface area (TPSA) is 54.3 Å². The van der Waals surface area contributed by atoms with Crippen LogP contribution in [0.3, 0.4) is 0 Å². The summed E-state index contributed by atoms with van der Waals surface area (Å²) in [7, 11) is 0. The lowest BCUT2D eigenvalue weighted by atomic mass is 10.1. The van der Waals surface area contributed by atoms with Crippen molar-refractivity contribution in [3.05, 3.63) is 107 Å². The molecule has 1 aromatic heterocycles. The lowest BCUT2D eigenvalue weighted by Gasteiger charge is -2.15. The minimum absolute atomic E-state index is 0.274. The Hall–Kier alpha value is -3.37. The molecule has 0 radical (unpaired) electrons. The van der Waals surface area contributed by atoms with Crippen LogP contribution in [-0.2, 0) is 19.5 Å². The Kier molecular flexibility index (Phi) is 6.72. The lowest BCUT2D eigenvalue weighted by molar-refractivity contribution is 0.0684. The number of fused-ring (bicyclic) bond motifs is 1. The molecule has 0 amide bonds. The average Bonchev–Trinajstić information content (AvgIpc) is 3.12. The normalized spacial score (nSPS) is 12.2. The first-order valence-corrected chi connectivity index (χ1v) is 11.2. The van der Waals surface area contributed by atoms with Gasteiger partial charge in [-0.05, 0) is 43.9 Å². The van der Waals surface area contributed by atoms with Crippen molar-refractivity contribution in [3.8, 4) is 0 Å². The minimum Gasteiger partial charge on any atom is -0.477 e. The van der Waals surface area contributed by atoms with Crippen molar-refractivity contribution < 1.29 is 9.90 Å². The number of carboxylic acid groups (broad SMARTS) is 1. The summed E-state index contributed by atoms with van der Waals surface area (Å²) in [6.07, 6.45) is 1.99. The van der Waals surface area contributed by atoms with E-state index in [0.717, 1.165) is 34.9 Å². The molecule has 4 rings (SSSR count). The molecule has 0 saturated heterocycles. The molecule has 1 atom stereocenters. The number of para-hydroxylation sites is 1. The quantitative estimate of drug-likeness (QED) is 0.355. The Bertz CT molecular complexity index is 1190. The fourth-order valence-electron chi connectivity index (χ4n) is 4.25. The van der Waals surface area contributed by atoms with Crippen LogP contribution in [0.1, 0.15) is 46.1 Å². The van der Waals surface area contributed by atoms with Gasteiger partial charge in [-0.2, -0.15) is 0 Å². The highest BCUT2D eigenvalue weighted by molar-refractivity contribution is 5.98. The van der Waals surface area contributed by atoms with E-state index in [1.54, 1.807) is 0 Å².